The third-order valence-electron chi connectivity index (χ3n) is 10.1. The minimum Gasteiger partial charge on any atom is -0.501 e. The van der Waals surface area contributed by atoms with Crippen LogP contribution in [0.4, 0.5) is 0 Å². The van der Waals surface area contributed by atoms with Crippen LogP contribution in [-0.4, -0.2) is 18.0 Å². The zero-order valence-corrected chi connectivity index (χ0v) is 34.8. The van der Waals surface area contributed by atoms with E-state index in [9.17, 15) is 0 Å². The van der Waals surface area contributed by atoms with E-state index in [-0.39, 0.29) is 37.8 Å². The van der Waals surface area contributed by atoms with Gasteiger partial charge in [0.25, 0.3) is 0 Å². The van der Waals surface area contributed by atoms with Crippen LogP contribution in [-0.2, 0) is 20.1 Å². The summed E-state index contributed by atoms with van der Waals surface area (Å²) in [5.41, 5.74) is 6.26. The first-order valence-corrected chi connectivity index (χ1v) is 21.7. The summed E-state index contributed by atoms with van der Waals surface area (Å²) in [5.74, 6) is -0.586. The molecule has 8 aromatic rings. The largest absolute Gasteiger partial charge is 0.501 e. The monoisotopic (exact) mass is 894 g/mol. The fraction of sp³-hybridized carbons (Fsp3) is 0.250. The van der Waals surface area contributed by atoms with Gasteiger partial charge in [0.2, 0.25) is 0 Å². The molecule has 0 bridgehead atoms. The molecule has 3 nitrogen and oxygen atoms in total. The van der Waals surface area contributed by atoms with Gasteiger partial charge < -0.3 is 14.4 Å². The molecule has 0 saturated carbocycles. The predicted molar refractivity (Wildman–Crippen MR) is 224 cm³/mol. The van der Waals surface area contributed by atoms with E-state index >= 15 is 0 Å². The SMILES string of the molecule is [2H]C(C)(C)c1cc(-c2[c-]cccc2)ncc1[Si](C)(C)C.[2H]c1nc(-c2[c-]ccc3c2oc2cc4c(ccc5ccccc54)cc23)cc(C(CC)CC)c1C([2H])([2H])[2H].[Ir]. The van der Waals surface area contributed by atoms with E-state index in [4.69, 9.17) is 11.3 Å². The fourth-order valence-electron chi connectivity index (χ4n) is 7.21. The van der Waals surface area contributed by atoms with Crippen molar-refractivity contribution in [2.24, 2.45) is 0 Å². The molecule has 0 N–H and O–H groups in total. The normalized spacial score (nSPS) is 13.5. The van der Waals surface area contributed by atoms with Gasteiger partial charge in [0, 0.05) is 43.3 Å². The van der Waals surface area contributed by atoms with E-state index in [0.717, 1.165) is 56.8 Å². The van der Waals surface area contributed by atoms with Crippen molar-refractivity contribution in [3.05, 3.63) is 138 Å². The number of aromatic nitrogens is 2. The van der Waals surface area contributed by atoms with Crippen LogP contribution in [0.5, 0.6) is 0 Å². The average Bonchev–Trinajstić information content (AvgIpc) is 3.54. The first-order valence-electron chi connectivity index (χ1n) is 20.7. The Hall–Kier alpha value is -4.41. The molecular weight excluding hydrogens is 841 g/mol. The molecule has 0 fully saturated rings. The van der Waals surface area contributed by atoms with Crippen LogP contribution in [0.2, 0.25) is 19.6 Å². The molecule has 0 saturated heterocycles. The first-order chi connectivity index (χ1) is 27.0. The van der Waals surface area contributed by atoms with Crippen LogP contribution in [0.25, 0.3) is 66.0 Å². The van der Waals surface area contributed by atoms with Crippen molar-refractivity contribution in [2.45, 2.75) is 78.8 Å². The van der Waals surface area contributed by atoms with Gasteiger partial charge in [-0.3, -0.25) is 0 Å². The second-order valence-corrected chi connectivity index (χ2v) is 19.8. The maximum atomic E-state index is 8.58. The molecule has 5 aromatic carbocycles. The Balaban J connectivity index is 0.000000230. The van der Waals surface area contributed by atoms with Gasteiger partial charge in [-0.2, -0.15) is 0 Å². The Labute approximate surface area is 336 Å². The van der Waals surface area contributed by atoms with E-state index in [1.807, 2.05) is 88.5 Å². The molecule has 0 aliphatic heterocycles. The van der Waals surface area contributed by atoms with Crippen LogP contribution in [0, 0.1) is 19.0 Å². The maximum absolute atomic E-state index is 8.58. The molecule has 3 heterocycles. The molecule has 271 valence electrons. The van der Waals surface area contributed by atoms with E-state index < -0.39 is 20.8 Å². The average molecular weight is 894 g/mol. The Bertz CT molecular complexity index is 2750. The summed E-state index contributed by atoms with van der Waals surface area (Å²) >= 11 is 0. The molecule has 0 aliphatic rings. The molecule has 0 aliphatic carbocycles. The Morgan fingerprint density at radius 1 is 0.774 bits per heavy atom. The number of pyridine rings is 2. The van der Waals surface area contributed by atoms with Gasteiger partial charge >= 0.3 is 0 Å². The second-order valence-electron chi connectivity index (χ2n) is 14.8. The first kappa shape index (κ1) is 32.1. The zero-order valence-electron chi connectivity index (χ0n) is 36.4. The smallest absolute Gasteiger partial charge is 0.121 e. The zero-order chi connectivity index (χ0) is 40.9. The third-order valence-corrected chi connectivity index (χ3v) is 12.1. The van der Waals surface area contributed by atoms with Crippen LogP contribution < -0.4 is 5.19 Å². The van der Waals surface area contributed by atoms with E-state index in [1.54, 1.807) is 0 Å². The van der Waals surface area contributed by atoms with Gasteiger partial charge in [-0.05, 0) is 92.9 Å². The molecule has 1 radical (unpaired) electrons. The van der Waals surface area contributed by atoms with Gasteiger partial charge in [-0.15, -0.1) is 54.1 Å². The second kappa shape index (κ2) is 15.9. The summed E-state index contributed by atoms with van der Waals surface area (Å²) in [6, 6.07) is 38.9. The molecule has 0 unspecified atom stereocenters. The molecule has 53 heavy (non-hydrogen) atoms. The van der Waals surface area contributed by atoms with Crippen molar-refractivity contribution in [1.29, 1.82) is 0 Å². The minimum atomic E-state index is -2.40. The van der Waals surface area contributed by atoms with E-state index in [1.165, 1.54) is 16.0 Å². The van der Waals surface area contributed by atoms with Gasteiger partial charge in [0.15, 0.2) is 0 Å². The van der Waals surface area contributed by atoms with Crippen molar-refractivity contribution < 1.29 is 31.4 Å². The van der Waals surface area contributed by atoms with Gasteiger partial charge in [0.05, 0.1) is 15.0 Å². The molecule has 5 heteroatoms. The molecule has 0 amide bonds. The molecule has 3 aromatic heterocycles. The standard InChI is InChI=1S/C31H26NO.C17H22NSi.Ir/c1-4-20(5-2)26-16-29(32-18-19(26)3)25-12-8-11-24-28-15-22-14-13-21-9-6-7-10-23(21)27(22)17-30(28)33-31(24)25;1-13(2)15-11-16(14-9-7-6-8-10-14)18-12-17(15)19(3,4)5;/h6-11,13-18,20H,4-5H2,1-3H3;6-9,11-13H,1-5H3;/q2*-1;/i3D3,18D;13D;. The Morgan fingerprint density at radius 3 is 2.25 bits per heavy atom. The summed E-state index contributed by atoms with van der Waals surface area (Å²) in [5, 5.41) is 7.82. The Morgan fingerprint density at radius 2 is 1.53 bits per heavy atom. The number of fused-ring (bicyclic) bond motifs is 6. The topological polar surface area (TPSA) is 38.9 Å². The number of hydrogen-bond donors (Lipinski definition) is 0. The van der Waals surface area contributed by atoms with Crippen LogP contribution in [0.1, 0.15) is 75.9 Å². The van der Waals surface area contributed by atoms with Crippen LogP contribution in [0.3, 0.4) is 0 Å². The van der Waals surface area contributed by atoms with Crippen molar-refractivity contribution in [3.8, 4) is 22.5 Å². The number of hydrogen-bond acceptors (Lipinski definition) is 3. The summed E-state index contributed by atoms with van der Waals surface area (Å²) in [4.78, 5) is 9.06. The van der Waals surface area contributed by atoms with Crippen molar-refractivity contribution >= 4 is 56.7 Å². The van der Waals surface area contributed by atoms with Crippen LogP contribution >= 0.6 is 0 Å². The quantitative estimate of drug-likeness (QED) is 0.0909. The third kappa shape index (κ3) is 7.66. The fourth-order valence-corrected chi connectivity index (χ4v) is 8.79. The van der Waals surface area contributed by atoms with E-state index in [2.05, 4.69) is 84.2 Å². The molecule has 0 spiro atoms. The van der Waals surface area contributed by atoms with Crippen molar-refractivity contribution in [3.63, 3.8) is 0 Å². The number of rotatable bonds is 7. The predicted octanol–water partition coefficient (Wildman–Crippen LogP) is 13.2. The number of nitrogens with zero attached hydrogens (tertiary/aromatic N) is 2. The number of furan rings is 1. The number of benzene rings is 5. The Kier molecular flexibility index (Phi) is 9.62. The summed E-state index contributed by atoms with van der Waals surface area (Å²) in [6.45, 7) is 12.5. The minimum absolute atomic E-state index is 0. The summed E-state index contributed by atoms with van der Waals surface area (Å²) < 4.78 is 47.6. The van der Waals surface area contributed by atoms with Gasteiger partial charge in [-0.1, -0.05) is 112 Å². The van der Waals surface area contributed by atoms with Crippen molar-refractivity contribution in [2.75, 3.05) is 0 Å². The summed E-state index contributed by atoms with van der Waals surface area (Å²) in [6.07, 6.45) is 3.33. The molecular formula is C48H48IrN2OSi-2. The van der Waals surface area contributed by atoms with Gasteiger partial charge in [0.1, 0.15) is 5.58 Å². The van der Waals surface area contributed by atoms with Gasteiger partial charge in [-0.25, -0.2) is 0 Å². The molecule has 0 atom stereocenters. The van der Waals surface area contributed by atoms with E-state index in [0.29, 0.717) is 22.4 Å². The van der Waals surface area contributed by atoms with Crippen LogP contribution in [0.15, 0.2) is 114 Å². The molecule has 8 rings (SSSR count). The summed E-state index contributed by atoms with van der Waals surface area (Å²) in [7, 11) is -1.50. The maximum Gasteiger partial charge on any atom is 0.121 e. The van der Waals surface area contributed by atoms with Crippen molar-refractivity contribution in [1.82, 2.24) is 9.97 Å².